The molecule has 0 aromatic carbocycles. The maximum Gasteiger partial charge on any atom is 0.323 e. The van der Waals surface area contributed by atoms with Gasteiger partial charge < -0.3 is 14.7 Å². The quantitative estimate of drug-likeness (QED) is 0.313. The van der Waals surface area contributed by atoms with Crippen LogP contribution < -0.4 is 9.64 Å². The smallest absolute Gasteiger partial charge is 0.323 e. The Labute approximate surface area is 196 Å². The van der Waals surface area contributed by atoms with Crippen LogP contribution in [0.15, 0.2) is 40.7 Å². The number of carbonyl (C=O) groups excluding carboxylic acids is 1. The summed E-state index contributed by atoms with van der Waals surface area (Å²) in [4.78, 5) is 26.1. The van der Waals surface area contributed by atoms with Gasteiger partial charge in [0.25, 0.3) is 16.0 Å². The number of carboxylic acid groups (broad SMARTS) is 1. The number of amides is 1. The highest BCUT2D eigenvalue weighted by Crippen LogP contribution is 2.47. The Morgan fingerprint density at radius 3 is 2.74 bits per heavy atom. The van der Waals surface area contributed by atoms with E-state index in [0.29, 0.717) is 31.4 Å². The second kappa shape index (κ2) is 9.30. The summed E-state index contributed by atoms with van der Waals surface area (Å²) >= 11 is 13.2. The Bertz CT molecular complexity index is 1150. The minimum Gasteiger partial charge on any atom is -0.480 e. The van der Waals surface area contributed by atoms with E-state index in [1.165, 1.54) is 11.3 Å². The summed E-state index contributed by atoms with van der Waals surface area (Å²) in [5.41, 5.74) is 1.24. The van der Waals surface area contributed by atoms with Gasteiger partial charge in [0.1, 0.15) is 16.6 Å². The van der Waals surface area contributed by atoms with E-state index in [4.69, 9.17) is 38.2 Å². The molecule has 3 rings (SSSR count). The van der Waals surface area contributed by atoms with Gasteiger partial charge in [0.05, 0.1) is 15.0 Å². The third-order valence-electron chi connectivity index (χ3n) is 3.99. The van der Waals surface area contributed by atoms with Crippen molar-refractivity contribution in [1.82, 2.24) is 4.90 Å². The lowest BCUT2D eigenvalue weighted by Gasteiger charge is -2.16. The fourth-order valence-electron chi connectivity index (χ4n) is 2.66. The van der Waals surface area contributed by atoms with E-state index in [1.807, 2.05) is 0 Å². The highest BCUT2D eigenvalue weighted by molar-refractivity contribution is 8.26. The van der Waals surface area contributed by atoms with Crippen LogP contribution in [0, 0.1) is 0 Å². The number of thioether (sulfide) groups is 1. The van der Waals surface area contributed by atoms with Crippen molar-refractivity contribution in [2.75, 3.05) is 23.7 Å². The average molecular weight is 523 g/mol. The topological polar surface area (TPSA) is 124 Å². The lowest BCUT2D eigenvalue weighted by molar-refractivity contribution is -0.140. The molecule has 2 aliphatic heterocycles. The van der Waals surface area contributed by atoms with Crippen molar-refractivity contribution in [2.45, 2.75) is 6.92 Å². The Balaban J connectivity index is 1.80. The first-order valence-corrected chi connectivity index (χ1v) is 12.5. The molecule has 1 saturated heterocycles. The first-order chi connectivity index (χ1) is 14.4. The number of ether oxygens (including phenoxy) is 1. The predicted molar refractivity (Wildman–Crippen MR) is 123 cm³/mol. The zero-order valence-electron chi connectivity index (χ0n) is 15.8. The summed E-state index contributed by atoms with van der Waals surface area (Å²) in [6.07, 6.45) is 4.81. The van der Waals surface area contributed by atoms with Gasteiger partial charge in [-0.2, -0.15) is 8.42 Å². The van der Waals surface area contributed by atoms with Crippen LogP contribution in [0.4, 0.5) is 5.69 Å². The molecular weight excluding hydrogens is 508 g/mol. The first kappa shape index (κ1) is 23.8. The van der Waals surface area contributed by atoms with E-state index in [9.17, 15) is 18.0 Å². The average Bonchev–Trinajstić information content (AvgIpc) is 3.23. The summed E-state index contributed by atoms with van der Waals surface area (Å²) in [5, 5.41) is 9.39. The number of rotatable bonds is 7. The molecule has 3 heterocycles. The van der Waals surface area contributed by atoms with Crippen molar-refractivity contribution in [3.63, 3.8) is 0 Å². The van der Waals surface area contributed by atoms with Gasteiger partial charge in [0.15, 0.2) is 0 Å². The second-order valence-electron chi connectivity index (χ2n) is 6.34. The summed E-state index contributed by atoms with van der Waals surface area (Å²) in [7, 11) is -4.18. The SMILES string of the molecule is CC(=CC=C1Oc2sc(Cl)cc2N1CCS(=O)(=O)O)C=C1SC(=S)N(CC(=O)O)C1=O. The van der Waals surface area contributed by atoms with Crippen molar-refractivity contribution >= 4 is 78.9 Å². The van der Waals surface area contributed by atoms with Gasteiger partial charge in [-0.05, 0) is 30.7 Å². The zero-order chi connectivity index (χ0) is 22.9. The van der Waals surface area contributed by atoms with Gasteiger partial charge in [0.2, 0.25) is 10.9 Å². The van der Waals surface area contributed by atoms with Crippen LogP contribution in [0.25, 0.3) is 0 Å². The number of carbonyl (C=O) groups is 2. The van der Waals surface area contributed by atoms with E-state index in [1.54, 1.807) is 36.1 Å². The molecule has 9 nitrogen and oxygen atoms in total. The second-order valence-corrected chi connectivity index (χ2v) is 11.2. The Hall–Kier alpha value is -1.90. The normalized spacial score (nSPS) is 19.5. The summed E-state index contributed by atoms with van der Waals surface area (Å²) in [6, 6.07) is 1.64. The number of nitrogens with zero attached hydrogens (tertiary/aromatic N) is 2. The molecule has 0 spiro atoms. The van der Waals surface area contributed by atoms with Gasteiger partial charge in [-0.1, -0.05) is 53.0 Å². The maximum absolute atomic E-state index is 12.3. The van der Waals surface area contributed by atoms with Crippen LogP contribution in [0.5, 0.6) is 5.06 Å². The highest BCUT2D eigenvalue weighted by Gasteiger charge is 2.33. The molecule has 0 aliphatic carbocycles. The summed E-state index contributed by atoms with van der Waals surface area (Å²) in [6.45, 7) is 1.17. The third kappa shape index (κ3) is 5.87. The maximum atomic E-state index is 12.3. The molecule has 1 aromatic rings. The third-order valence-corrected chi connectivity index (χ3v) is 7.20. The van der Waals surface area contributed by atoms with Crippen LogP contribution in [-0.2, 0) is 19.7 Å². The molecule has 0 saturated carbocycles. The van der Waals surface area contributed by atoms with Crippen LogP contribution in [0.1, 0.15) is 6.92 Å². The van der Waals surface area contributed by atoms with E-state index in [0.717, 1.165) is 16.7 Å². The largest absolute Gasteiger partial charge is 0.480 e. The van der Waals surface area contributed by atoms with Crippen molar-refractivity contribution in [3.8, 4) is 5.06 Å². The van der Waals surface area contributed by atoms with Crippen molar-refractivity contribution in [2.24, 2.45) is 0 Å². The number of hydrogen-bond acceptors (Lipinski definition) is 9. The molecule has 1 fully saturated rings. The number of thiocarbonyl (C=S) groups is 1. The monoisotopic (exact) mass is 522 g/mol. The van der Waals surface area contributed by atoms with Gasteiger partial charge >= 0.3 is 5.97 Å². The highest BCUT2D eigenvalue weighted by atomic mass is 35.5. The van der Waals surface area contributed by atoms with Crippen LogP contribution >= 0.6 is 46.9 Å². The van der Waals surface area contributed by atoms with Crippen LogP contribution in [0.3, 0.4) is 0 Å². The lowest BCUT2D eigenvalue weighted by Crippen LogP contribution is -2.33. The standard InChI is InChI=1S/C17H15ClN2O7S4/c1-9(6-11-15(23)20(8-14(21)22)17(28)29-11)2-3-13-19(4-5-31(24,25)26)10-7-12(18)30-16(10)27-13/h2-3,6-7H,4-5,8H2,1H3,(H,21,22)(H,24,25,26). The van der Waals surface area contributed by atoms with E-state index in [-0.39, 0.29) is 10.9 Å². The van der Waals surface area contributed by atoms with Crippen LogP contribution in [-0.4, -0.2) is 58.0 Å². The number of aliphatic carboxylic acids is 1. The van der Waals surface area contributed by atoms with Gasteiger partial charge in [-0.3, -0.25) is 19.0 Å². The molecule has 1 amide bonds. The van der Waals surface area contributed by atoms with Crippen molar-refractivity contribution in [1.29, 1.82) is 0 Å². The molecule has 0 radical (unpaired) electrons. The molecule has 1 aromatic heterocycles. The molecule has 14 heteroatoms. The van der Waals surface area contributed by atoms with Gasteiger partial charge in [-0.25, -0.2) is 0 Å². The van der Waals surface area contributed by atoms with E-state index >= 15 is 0 Å². The Morgan fingerprint density at radius 2 is 2.10 bits per heavy atom. The molecular formula is C17H15ClN2O7S4. The van der Waals surface area contributed by atoms with Crippen LogP contribution in [0.2, 0.25) is 4.34 Å². The molecule has 31 heavy (non-hydrogen) atoms. The van der Waals surface area contributed by atoms with E-state index < -0.39 is 34.3 Å². The van der Waals surface area contributed by atoms with E-state index in [2.05, 4.69) is 0 Å². The molecule has 2 aliphatic rings. The number of thiophene rings is 1. The number of fused-ring (bicyclic) bond motifs is 1. The summed E-state index contributed by atoms with van der Waals surface area (Å²) < 4.78 is 37.8. The fourth-order valence-corrected chi connectivity index (χ4v) is 5.44. The molecule has 166 valence electrons. The predicted octanol–water partition coefficient (Wildman–Crippen LogP) is 3.10. The zero-order valence-corrected chi connectivity index (χ0v) is 19.8. The Morgan fingerprint density at radius 1 is 1.39 bits per heavy atom. The molecule has 0 bridgehead atoms. The van der Waals surface area contributed by atoms with Gasteiger partial charge in [-0.15, -0.1) is 0 Å². The minimum atomic E-state index is -4.18. The number of hydrogen-bond donors (Lipinski definition) is 2. The molecule has 0 unspecified atom stereocenters. The number of anilines is 1. The van der Waals surface area contributed by atoms with Gasteiger partial charge in [0, 0.05) is 6.54 Å². The Kier molecular flexibility index (Phi) is 7.13. The minimum absolute atomic E-state index is 0.0501. The number of halogens is 1. The summed E-state index contributed by atoms with van der Waals surface area (Å²) in [5.74, 6) is -1.82. The van der Waals surface area contributed by atoms with Crippen molar-refractivity contribution in [3.05, 3.63) is 45.0 Å². The number of carboxylic acids is 1. The fraction of sp³-hybridized carbons (Fsp3) is 0.235. The number of allylic oxidation sites excluding steroid dienone is 4. The van der Waals surface area contributed by atoms with Crippen molar-refractivity contribution < 1.29 is 32.4 Å². The molecule has 0 atom stereocenters. The first-order valence-electron chi connectivity index (χ1n) is 8.50. The lowest BCUT2D eigenvalue weighted by atomic mass is 10.2. The molecule has 2 N–H and O–H groups in total.